The van der Waals surface area contributed by atoms with Crippen molar-refractivity contribution in [2.45, 2.75) is 26.3 Å². The van der Waals surface area contributed by atoms with Crippen LogP contribution in [-0.4, -0.2) is 23.4 Å². The second-order valence-electron chi connectivity index (χ2n) is 5.13. The Labute approximate surface area is 134 Å². The molecule has 0 bridgehead atoms. The maximum Gasteiger partial charge on any atom is 0.124 e. The topological polar surface area (TPSA) is 39.1 Å². The number of aryl methyl sites for hydroxylation is 2. The molecule has 0 radical (unpaired) electrons. The standard InChI is InChI=1S/C16H22BrN3O/c1-5-8-18-15(16-13(17)10-19-20(16)3)12-7-6-11(2)9-14(12)21-4/h6-7,9-10,15,18H,5,8H2,1-4H3. The fourth-order valence-corrected chi connectivity index (χ4v) is 3.02. The Morgan fingerprint density at radius 1 is 1.43 bits per heavy atom. The Morgan fingerprint density at radius 3 is 2.76 bits per heavy atom. The molecule has 0 aliphatic heterocycles. The molecule has 1 aromatic heterocycles. The molecule has 1 aromatic carbocycles. The Balaban J connectivity index is 2.50. The van der Waals surface area contributed by atoms with Crippen LogP contribution in [0.2, 0.25) is 0 Å². The lowest BCUT2D eigenvalue weighted by Crippen LogP contribution is -2.26. The van der Waals surface area contributed by atoms with Crippen molar-refractivity contribution in [2.75, 3.05) is 13.7 Å². The summed E-state index contributed by atoms with van der Waals surface area (Å²) in [5.74, 6) is 0.900. The van der Waals surface area contributed by atoms with E-state index in [-0.39, 0.29) is 6.04 Å². The molecular weight excluding hydrogens is 330 g/mol. The van der Waals surface area contributed by atoms with Gasteiger partial charge in [0.2, 0.25) is 0 Å². The highest BCUT2D eigenvalue weighted by Gasteiger charge is 2.23. The van der Waals surface area contributed by atoms with Gasteiger partial charge < -0.3 is 10.1 Å². The van der Waals surface area contributed by atoms with Gasteiger partial charge in [0.25, 0.3) is 0 Å². The first kappa shape index (κ1) is 16.0. The predicted octanol–water partition coefficient (Wildman–Crippen LogP) is 3.59. The van der Waals surface area contributed by atoms with E-state index in [1.807, 2.05) is 17.9 Å². The molecule has 0 aliphatic rings. The summed E-state index contributed by atoms with van der Waals surface area (Å²) >= 11 is 3.60. The largest absolute Gasteiger partial charge is 0.496 e. The molecule has 5 heteroatoms. The first-order valence-corrected chi connectivity index (χ1v) is 7.93. The van der Waals surface area contributed by atoms with Crippen LogP contribution in [0.3, 0.4) is 0 Å². The Bertz CT molecular complexity index is 590. The molecule has 2 rings (SSSR count). The van der Waals surface area contributed by atoms with Crippen LogP contribution in [0.15, 0.2) is 28.9 Å². The highest BCUT2D eigenvalue weighted by atomic mass is 79.9. The lowest BCUT2D eigenvalue weighted by molar-refractivity contribution is 0.401. The van der Waals surface area contributed by atoms with Gasteiger partial charge in [0.05, 0.1) is 29.5 Å². The molecular formula is C16H22BrN3O. The zero-order chi connectivity index (χ0) is 15.4. The second kappa shape index (κ2) is 7.09. The maximum atomic E-state index is 5.58. The number of rotatable bonds is 6. The van der Waals surface area contributed by atoms with Crippen molar-refractivity contribution in [1.82, 2.24) is 15.1 Å². The van der Waals surface area contributed by atoms with E-state index in [9.17, 15) is 0 Å². The van der Waals surface area contributed by atoms with Gasteiger partial charge in [-0.05, 0) is 47.4 Å². The van der Waals surface area contributed by atoms with Crippen molar-refractivity contribution in [2.24, 2.45) is 7.05 Å². The first-order valence-electron chi connectivity index (χ1n) is 7.13. The molecule has 0 spiro atoms. The lowest BCUT2D eigenvalue weighted by atomic mass is 10.0. The molecule has 114 valence electrons. The van der Waals surface area contributed by atoms with Crippen molar-refractivity contribution in [3.63, 3.8) is 0 Å². The summed E-state index contributed by atoms with van der Waals surface area (Å²) in [5, 5.41) is 7.93. The number of halogens is 1. The van der Waals surface area contributed by atoms with Gasteiger partial charge in [0, 0.05) is 12.6 Å². The third kappa shape index (κ3) is 3.47. The number of nitrogens with zero attached hydrogens (tertiary/aromatic N) is 2. The molecule has 1 N–H and O–H groups in total. The zero-order valence-corrected chi connectivity index (χ0v) is 14.6. The number of aromatic nitrogens is 2. The van der Waals surface area contributed by atoms with Gasteiger partial charge in [0.15, 0.2) is 0 Å². The van der Waals surface area contributed by atoms with Gasteiger partial charge in [-0.25, -0.2) is 0 Å². The van der Waals surface area contributed by atoms with Crippen molar-refractivity contribution in [3.8, 4) is 5.75 Å². The van der Waals surface area contributed by atoms with Crippen molar-refractivity contribution in [1.29, 1.82) is 0 Å². The SMILES string of the molecule is CCCNC(c1ccc(C)cc1OC)c1c(Br)cnn1C. The van der Waals surface area contributed by atoms with Gasteiger partial charge in [-0.3, -0.25) is 4.68 Å². The van der Waals surface area contributed by atoms with Gasteiger partial charge >= 0.3 is 0 Å². The molecule has 1 heterocycles. The Morgan fingerprint density at radius 2 is 2.19 bits per heavy atom. The third-order valence-corrected chi connectivity index (χ3v) is 4.12. The predicted molar refractivity (Wildman–Crippen MR) is 88.8 cm³/mol. The molecule has 21 heavy (non-hydrogen) atoms. The normalized spacial score (nSPS) is 12.4. The monoisotopic (exact) mass is 351 g/mol. The summed E-state index contributed by atoms with van der Waals surface area (Å²) < 4.78 is 8.48. The van der Waals surface area contributed by atoms with Crippen LogP contribution in [-0.2, 0) is 7.05 Å². The molecule has 0 fully saturated rings. The summed E-state index contributed by atoms with van der Waals surface area (Å²) in [7, 11) is 3.68. The lowest BCUT2D eigenvalue weighted by Gasteiger charge is -2.22. The number of methoxy groups -OCH3 is 1. The second-order valence-corrected chi connectivity index (χ2v) is 5.99. The van der Waals surface area contributed by atoms with E-state index in [4.69, 9.17) is 4.74 Å². The summed E-state index contributed by atoms with van der Waals surface area (Å²) in [6.45, 7) is 5.16. The van der Waals surface area contributed by atoms with Gasteiger partial charge in [-0.1, -0.05) is 19.1 Å². The molecule has 1 unspecified atom stereocenters. The number of ether oxygens (including phenoxy) is 1. The minimum absolute atomic E-state index is 0.0439. The average Bonchev–Trinajstić information content (AvgIpc) is 2.80. The van der Waals surface area contributed by atoms with E-state index in [0.29, 0.717) is 0 Å². The van der Waals surface area contributed by atoms with Crippen LogP contribution in [0.25, 0.3) is 0 Å². The fraction of sp³-hybridized carbons (Fsp3) is 0.438. The summed E-state index contributed by atoms with van der Waals surface area (Å²) in [6, 6.07) is 6.35. The first-order chi connectivity index (χ1) is 10.1. The van der Waals surface area contributed by atoms with Crippen LogP contribution in [0.1, 0.15) is 36.2 Å². The van der Waals surface area contributed by atoms with Crippen molar-refractivity contribution >= 4 is 15.9 Å². The zero-order valence-electron chi connectivity index (χ0n) is 13.0. The molecule has 1 atom stereocenters. The highest BCUT2D eigenvalue weighted by Crippen LogP contribution is 2.34. The minimum Gasteiger partial charge on any atom is -0.496 e. The number of hydrogen-bond acceptors (Lipinski definition) is 3. The molecule has 0 amide bonds. The average molecular weight is 352 g/mol. The number of nitrogens with one attached hydrogen (secondary N) is 1. The number of hydrogen-bond donors (Lipinski definition) is 1. The van der Waals surface area contributed by atoms with E-state index in [1.54, 1.807) is 7.11 Å². The van der Waals surface area contributed by atoms with E-state index in [1.165, 1.54) is 5.56 Å². The van der Waals surface area contributed by atoms with E-state index in [0.717, 1.165) is 34.4 Å². The van der Waals surface area contributed by atoms with E-state index < -0.39 is 0 Å². The smallest absolute Gasteiger partial charge is 0.124 e. The molecule has 4 nitrogen and oxygen atoms in total. The summed E-state index contributed by atoms with van der Waals surface area (Å²) in [5.41, 5.74) is 3.42. The maximum absolute atomic E-state index is 5.58. The molecule has 0 saturated heterocycles. The van der Waals surface area contributed by atoms with Gasteiger partial charge in [-0.15, -0.1) is 0 Å². The third-order valence-electron chi connectivity index (χ3n) is 3.51. The van der Waals surface area contributed by atoms with Crippen molar-refractivity contribution < 1.29 is 4.74 Å². The van der Waals surface area contributed by atoms with E-state index in [2.05, 4.69) is 58.4 Å². The highest BCUT2D eigenvalue weighted by molar-refractivity contribution is 9.10. The minimum atomic E-state index is 0.0439. The Kier molecular flexibility index (Phi) is 5.42. The molecule has 0 saturated carbocycles. The summed E-state index contributed by atoms with van der Waals surface area (Å²) in [6.07, 6.45) is 2.90. The van der Waals surface area contributed by atoms with Crippen molar-refractivity contribution in [3.05, 3.63) is 45.7 Å². The fourth-order valence-electron chi connectivity index (χ4n) is 2.44. The molecule has 2 aromatic rings. The van der Waals surface area contributed by atoms with Gasteiger partial charge in [-0.2, -0.15) is 5.10 Å². The van der Waals surface area contributed by atoms with Crippen LogP contribution in [0.4, 0.5) is 0 Å². The van der Waals surface area contributed by atoms with Crippen LogP contribution in [0, 0.1) is 6.92 Å². The quantitative estimate of drug-likeness (QED) is 0.864. The van der Waals surface area contributed by atoms with Crippen LogP contribution < -0.4 is 10.1 Å². The summed E-state index contributed by atoms with van der Waals surface area (Å²) in [4.78, 5) is 0. The number of benzene rings is 1. The van der Waals surface area contributed by atoms with Gasteiger partial charge in [0.1, 0.15) is 5.75 Å². The Hall–Kier alpha value is -1.33. The molecule has 0 aliphatic carbocycles. The van der Waals surface area contributed by atoms with E-state index >= 15 is 0 Å². The van der Waals surface area contributed by atoms with Crippen LogP contribution >= 0.6 is 15.9 Å². The van der Waals surface area contributed by atoms with Crippen LogP contribution in [0.5, 0.6) is 5.75 Å².